The molecule has 2 atom stereocenters. The van der Waals surface area contributed by atoms with Gasteiger partial charge >= 0.3 is 5.97 Å². The van der Waals surface area contributed by atoms with Crippen LogP contribution >= 0.6 is 0 Å². The molecule has 4 saturated heterocycles. The fourth-order valence-electron chi connectivity index (χ4n) is 9.84. The minimum atomic E-state index is -3.93. The van der Waals surface area contributed by atoms with Crippen LogP contribution in [0.2, 0.25) is 0 Å². The van der Waals surface area contributed by atoms with E-state index in [1.54, 1.807) is 71.6 Å². The molecule has 4 fully saturated rings. The Morgan fingerprint density at radius 2 is 1.41 bits per heavy atom. The van der Waals surface area contributed by atoms with Crippen LogP contribution in [0.1, 0.15) is 70.0 Å². The number of hydrogen-bond donors (Lipinski definition) is 4. The first-order valence-corrected chi connectivity index (χ1v) is 24.1. The zero-order valence-corrected chi connectivity index (χ0v) is 37.5. The predicted molar refractivity (Wildman–Crippen MR) is 251 cm³/mol. The van der Waals surface area contributed by atoms with Crippen molar-refractivity contribution in [2.45, 2.75) is 67.8 Å². The second kappa shape index (κ2) is 19.4. The number of nitrogens with one attached hydrogen (secondary N) is 2. The molecular formula is C52H55N5O8S. The molecule has 0 aliphatic carbocycles. The summed E-state index contributed by atoms with van der Waals surface area (Å²) >= 11 is 0. The smallest absolute Gasteiger partial charge is 0.317 e. The Bertz CT molecular complexity index is 2830. The Kier molecular flexibility index (Phi) is 13.2. The Balaban J connectivity index is 0.842. The number of piperidine rings is 4. The van der Waals surface area contributed by atoms with Crippen molar-refractivity contribution in [2.24, 2.45) is 5.92 Å². The molecule has 13 nitrogen and oxygen atoms in total. The second-order valence-electron chi connectivity index (χ2n) is 17.9. The zero-order chi connectivity index (χ0) is 45.8. The van der Waals surface area contributed by atoms with Gasteiger partial charge in [-0.1, -0.05) is 91.0 Å². The summed E-state index contributed by atoms with van der Waals surface area (Å²) in [6.45, 7) is 4.50. The number of phenolic OH excluding ortho intramolecular Hbond substituents is 1. The van der Waals surface area contributed by atoms with Crippen LogP contribution in [0.4, 0.5) is 0 Å². The van der Waals surface area contributed by atoms with Crippen LogP contribution < -0.4 is 10.9 Å². The van der Waals surface area contributed by atoms with E-state index in [0.29, 0.717) is 54.9 Å². The van der Waals surface area contributed by atoms with Gasteiger partial charge in [0.2, 0.25) is 15.6 Å². The van der Waals surface area contributed by atoms with Gasteiger partial charge in [0.05, 0.1) is 21.9 Å². The number of aromatic amines is 1. The third-order valence-corrected chi connectivity index (χ3v) is 15.5. The van der Waals surface area contributed by atoms with Crippen LogP contribution in [-0.4, -0.2) is 95.0 Å². The first-order chi connectivity index (χ1) is 32.0. The van der Waals surface area contributed by atoms with Gasteiger partial charge in [-0.3, -0.25) is 19.3 Å². The highest BCUT2D eigenvalue weighted by Gasteiger charge is 2.47. The van der Waals surface area contributed by atoms with Crippen molar-refractivity contribution in [1.29, 1.82) is 0 Å². The Morgan fingerprint density at radius 1 is 0.788 bits per heavy atom. The lowest BCUT2D eigenvalue weighted by molar-refractivity contribution is -0.167. The van der Waals surface area contributed by atoms with E-state index < -0.39 is 21.5 Å². The number of sulfonamides is 1. The summed E-state index contributed by atoms with van der Waals surface area (Å²) in [6, 6.07) is 38.8. The van der Waals surface area contributed by atoms with Crippen LogP contribution in [0.25, 0.3) is 10.9 Å². The zero-order valence-electron chi connectivity index (χ0n) is 36.7. The molecule has 66 heavy (non-hydrogen) atoms. The number of hydrogen-bond acceptors (Lipinski definition) is 10. The Hall–Kier alpha value is -6.16. The second-order valence-corrected chi connectivity index (χ2v) is 19.8. The number of esters is 1. The molecule has 5 aromatic carbocycles. The molecule has 4 N–H and O–H groups in total. The Morgan fingerprint density at radius 3 is 2.05 bits per heavy atom. The van der Waals surface area contributed by atoms with Crippen molar-refractivity contribution in [2.75, 3.05) is 39.3 Å². The summed E-state index contributed by atoms with van der Waals surface area (Å²) < 4.78 is 36.1. The van der Waals surface area contributed by atoms with Crippen molar-refractivity contribution >= 4 is 32.8 Å². The number of benzene rings is 5. The lowest BCUT2D eigenvalue weighted by Gasteiger charge is -2.46. The van der Waals surface area contributed by atoms with Gasteiger partial charge in [0.15, 0.2) is 0 Å². The molecule has 342 valence electrons. The summed E-state index contributed by atoms with van der Waals surface area (Å²) in [4.78, 5) is 46.9. The largest absolute Gasteiger partial charge is 0.506 e. The van der Waals surface area contributed by atoms with Crippen molar-refractivity contribution in [3.63, 3.8) is 0 Å². The lowest BCUT2D eigenvalue weighted by atomic mass is 9.72. The van der Waals surface area contributed by atoms with Crippen molar-refractivity contribution in [1.82, 2.24) is 24.4 Å². The number of carbonyl (C=O) groups is 2. The molecule has 10 rings (SSSR count). The van der Waals surface area contributed by atoms with Crippen molar-refractivity contribution < 1.29 is 33.0 Å². The summed E-state index contributed by atoms with van der Waals surface area (Å²) in [5.41, 5.74) is 3.48. The van der Waals surface area contributed by atoms with Gasteiger partial charge < -0.3 is 30.2 Å². The molecular weight excluding hydrogens is 855 g/mol. The van der Waals surface area contributed by atoms with E-state index >= 15 is 0 Å². The minimum Gasteiger partial charge on any atom is -0.506 e. The molecule has 5 heterocycles. The predicted octanol–water partition coefficient (Wildman–Crippen LogP) is 6.26. The molecule has 6 aromatic rings. The highest BCUT2D eigenvalue weighted by atomic mass is 32.2. The van der Waals surface area contributed by atoms with Gasteiger partial charge in [-0.15, -0.1) is 0 Å². The molecule has 4 aliphatic rings. The summed E-state index contributed by atoms with van der Waals surface area (Å²) in [6.07, 6.45) is 2.00. The van der Waals surface area contributed by atoms with E-state index in [4.69, 9.17) is 4.74 Å². The number of aromatic nitrogens is 1. The maximum atomic E-state index is 14.2. The van der Waals surface area contributed by atoms with Crippen LogP contribution in [0.5, 0.6) is 5.75 Å². The number of pyridine rings is 1. The number of fused-ring (bicyclic) bond motifs is 4. The van der Waals surface area contributed by atoms with Gasteiger partial charge in [0, 0.05) is 62.8 Å². The SMILES string of the molecule is O=C(c1ccc(CN(Cc2ccc(CNCC(O)c3ccc(O)c4[nH]c(=O)ccc34)cc2)S(=O)(=O)c2ccccc2)cc1)N1CCC(C(=O)O[C@H]2CN3CCC2CC3)(c2ccccc2)CC1. The van der Waals surface area contributed by atoms with Crippen molar-refractivity contribution in [3.05, 3.63) is 177 Å². The van der Waals surface area contributed by atoms with E-state index in [1.807, 2.05) is 54.6 Å². The normalized spacial score (nSPS) is 19.7. The summed E-state index contributed by atoms with van der Waals surface area (Å²) in [7, 11) is -3.93. The average molecular weight is 910 g/mol. The van der Waals surface area contributed by atoms with Gasteiger partial charge in [-0.25, -0.2) is 8.42 Å². The number of amides is 1. The maximum absolute atomic E-state index is 14.2. The fraction of sp³-hybridized carbons (Fsp3) is 0.327. The molecule has 1 amide bonds. The van der Waals surface area contributed by atoms with Crippen LogP contribution in [0.3, 0.4) is 0 Å². The number of aliphatic hydroxyl groups excluding tert-OH is 1. The third-order valence-electron chi connectivity index (χ3n) is 13.7. The molecule has 1 unspecified atom stereocenters. The van der Waals surface area contributed by atoms with E-state index in [2.05, 4.69) is 15.2 Å². The highest BCUT2D eigenvalue weighted by Crippen LogP contribution is 2.40. The van der Waals surface area contributed by atoms with E-state index in [9.17, 15) is 33.0 Å². The van der Waals surface area contributed by atoms with Crippen LogP contribution in [0.15, 0.2) is 143 Å². The molecule has 2 bridgehead atoms. The van der Waals surface area contributed by atoms with Crippen molar-refractivity contribution in [3.8, 4) is 5.75 Å². The topological polar surface area (TPSA) is 173 Å². The number of carbonyl (C=O) groups excluding carboxylic acids is 2. The minimum absolute atomic E-state index is 0.0672. The number of rotatable bonds is 15. The van der Waals surface area contributed by atoms with Gasteiger partial charge in [0.25, 0.3) is 5.91 Å². The molecule has 0 saturated carbocycles. The summed E-state index contributed by atoms with van der Waals surface area (Å²) in [5, 5.41) is 25.0. The van der Waals surface area contributed by atoms with Crippen LogP contribution in [0, 0.1) is 5.92 Å². The standard InChI is InChI=1S/C52H55N5O8S/c58-45-21-19-43(44-20-22-48(60)54-49(44)45)46(59)32-53-31-36-11-13-37(14-12-36)33-57(66(63,64)42-9-5-2-6-10-42)34-38-15-17-40(18-16-38)50(61)56-29-25-52(26-30-56,41-7-3-1-4-8-41)51(62)65-47-35-55-27-23-39(47)24-28-55/h1-22,39,46-47,53,58-59H,23-35H2,(H,54,60)/t46?,47-/m0/s1. The van der Waals surface area contributed by atoms with Gasteiger partial charge in [-0.05, 0) is 109 Å². The van der Waals surface area contributed by atoms with Gasteiger partial charge in [0.1, 0.15) is 11.9 Å². The molecule has 0 spiro atoms. The highest BCUT2D eigenvalue weighted by molar-refractivity contribution is 7.89. The monoisotopic (exact) mass is 909 g/mol. The molecule has 14 heteroatoms. The number of likely N-dealkylation sites (tertiary alicyclic amines) is 1. The summed E-state index contributed by atoms with van der Waals surface area (Å²) in [5.74, 6) is -0.0127. The number of H-pyrrole nitrogens is 1. The quantitative estimate of drug-likeness (QED) is 0.0863. The average Bonchev–Trinajstić information content (AvgIpc) is 3.35. The van der Waals surface area contributed by atoms with E-state index in [0.717, 1.165) is 54.7 Å². The lowest BCUT2D eigenvalue weighted by Crippen LogP contribution is -2.55. The maximum Gasteiger partial charge on any atom is 0.317 e. The first-order valence-electron chi connectivity index (χ1n) is 22.7. The molecule has 1 aromatic heterocycles. The number of aromatic hydroxyl groups is 1. The first kappa shape index (κ1) is 45.0. The number of ether oxygens (including phenoxy) is 1. The molecule has 0 radical (unpaired) electrons. The van der Waals surface area contributed by atoms with E-state index in [1.165, 1.54) is 16.4 Å². The fourth-order valence-corrected chi connectivity index (χ4v) is 11.3. The van der Waals surface area contributed by atoms with E-state index in [-0.39, 0.29) is 59.3 Å². The number of nitrogens with zero attached hydrogens (tertiary/aromatic N) is 3. The van der Waals surface area contributed by atoms with Gasteiger partial charge in [-0.2, -0.15) is 4.31 Å². The molecule has 4 aliphatic heterocycles. The Labute approximate surface area is 384 Å². The number of phenols is 1. The number of aliphatic hydroxyl groups is 1. The third kappa shape index (κ3) is 9.56. The van der Waals surface area contributed by atoms with Crippen LogP contribution in [-0.2, 0) is 44.6 Å².